The summed E-state index contributed by atoms with van der Waals surface area (Å²) >= 11 is 6.21. The van der Waals surface area contributed by atoms with Gasteiger partial charge in [-0.2, -0.15) is 0 Å². The molecule has 1 N–H and O–H groups in total. The van der Waals surface area contributed by atoms with E-state index in [1.165, 1.54) is 12.6 Å². The van der Waals surface area contributed by atoms with Crippen LogP contribution in [0, 0.1) is 0 Å². The zero-order valence-corrected chi connectivity index (χ0v) is 19.1. The molecule has 0 aliphatic carbocycles. The first-order chi connectivity index (χ1) is 16.2. The van der Waals surface area contributed by atoms with E-state index < -0.39 is 0 Å². The summed E-state index contributed by atoms with van der Waals surface area (Å²) in [4.78, 5) is 11.3. The normalized spacial score (nSPS) is 14.6. The van der Waals surface area contributed by atoms with E-state index >= 15 is 0 Å². The molecule has 1 aliphatic heterocycles. The predicted octanol–water partition coefficient (Wildman–Crippen LogP) is 4.88. The van der Waals surface area contributed by atoms with Crippen molar-refractivity contribution in [1.29, 1.82) is 0 Å². The van der Waals surface area contributed by atoms with Gasteiger partial charge in [0, 0.05) is 36.5 Å². The van der Waals surface area contributed by atoms with Gasteiger partial charge < -0.3 is 23.9 Å². The molecule has 172 valence electrons. The van der Waals surface area contributed by atoms with Gasteiger partial charge in [0.25, 0.3) is 0 Å². The van der Waals surface area contributed by atoms with Crippen LogP contribution in [0.3, 0.4) is 0 Å². The highest BCUT2D eigenvalue weighted by Gasteiger charge is 2.15. The molecule has 0 bridgehead atoms. The van der Waals surface area contributed by atoms with Crippen LogP contribution in [0.15, 0.2) is 47.3 Å². The summed E-state index contributed by atoms with van der Waals surface area (Å²) in [7, 11) is 1.63. The Morgan fingerprint density at radius 1 is 1.12 bits per heavy atom. The van der Waals surface area contributed by atoms with E-state index in [1.807, 2.05) is 30.3 Å². The third-order valence-electron chi connectivity index (χ3n) is 5.71. The number of aromatic nitrogens is 2. The van der Waals surface area contributed by atoms with Gasteiger partial charge in [0.05, 0.1) is 43.2 Å². The Labute approximate surface area is 196 Å². The largest absolute Gasteiger partial charge is 0.493 e. The van der Waals surface area contributed by atoms with E-state index in [0.29, 0.717) is 34.5 Å². The summed E-state index contributed by atoms with van der Waals surface area (Å²) in [6, 6.07) is 9.53. The lowest BCUT2D eigenvalue weighted by atomic mass is 10.2. The van der Waals surface area contributed by atoms with Crippen molar-refractivity contribution in [1.82, 2.24) is 14.9 Å². The van der Waals surface area contributed by atoms with Crippen LogP contribution in [-0.4, -0.2) is 61.4 Å². The van der Waals surface area contributed by atoms with Crippen LogP contribution in [0.25, 0.3) is 21.9 Å². The molecule has 4 aromatic rings. The molecule has 0 spiro atoms. The number of furan rings is 1. The molecular weight excluding hydrogens is 444 g/mol. The number of methoxy groups -OCH3 is 1. The zero-order chi connectivity index (χ0) is 22.6. The fourth-order valence-corrected chi connectivity index (χ4v) is 4.18. The van der Waals surface area contributed by atoms with Gasteiger partial charge in [-0.3, -0.25) is 4.90 Å². The Morgan fingerprint density at radius 3 is 2.85 bits per heavy atom. The van der Waals surface area contributed by atoms with Crippen LogP contribution in [-0.2, 0) is 4.74 Å². The number of ether oxygens (including phenoxy) is 3. The zero-order valence-electron chi connectivity index (χ0n) is 18.3. The number of hydrogen-bond donors (Lipinski definition) is 1. The first kappa shape index (κ1) is 21.8. The molecule has 0 unspecified atom stereocenters. The minimum absolute atomic E-state index is 0.568. The highest BCUT2D eigenvalue weighted by Crippen LogP contribution is 2.37. The number of halogens is 1. The van der Waals surface area contributed by atoms with E-state index in [1.54, 1.807) is 7.11 Å². The average Bonchev–Trinajstić information content (AvgIpc) is 3.24. The number of hydrogen-bond acceptors (Lipinski definition) is 8. The molecule has 0 saturated carbocycles. The van der Waals surface area contributed by atoms with Crippen LogP contribution in [0.2, 0.25) is 5.02 Å². The Bertz CT molecular complexity index is 1260. The average molecular weight is 469 g/mol. The fourth-order valence-electron chi connectivity index (χ4n) is 3.98. The van der Waals surface area contributed by atoms with Gasteiger partial charge in [-0.05, 0) is 24.6 Å². The second-order valence-corrected chi connectivity index (χ2v) is 8.20. The molecule has 0 amide bonds. The highest BCUT2D eigenvalue weighted by molar-refractivity contribution is 6.35. The van der Waals surface area contributed by atoms with Crippen molar-refractivity contribution in [2.75, 3.05) is 51.9 Å². The molecule has 1 fully saturated rings. The van der Waals surface area contributed by atoms with Gasteiger partial charge in [-0.25, -0.2) is 9.97 Å². The molecule has 0 radical (unpaired) electrons. The van der Waals surface area contributed by atoms with E-state index in [4.69, 9.17) is 30.2 Å². The van der Waals surface area contributed by atoms with Crippen molar-refractivity contribution >= 4 is 45.0 Å². The summed E-state index contributed by atoms with van der Waals surface area (Å²) in [5.74, 6) is 1.93. The topological polar surface area (TPSA) is 81.9 Å². The smallest absolute Gasteiger partial charge is 0.163 e. The van der Waals surface area contributed by atoms with Crippen LogP contribution < -0.4 is 14.8 Å². The molecule has 2 aromatic heterocycles. The molecule has 3 heterocycles. The van der Waals surface area contributed by atoms with Crippen LogP contribution in [0.1, 0.15) is 6.42 Å². The number of nitrogens with one attached hydrogen (secondary N) is 1. The summed E-state index contributed by atoms with van der Waals surface area (Å²) in [6.45, 7) is 5.14. The highest BCUT2D eigenvalue weighted by atomic mass is 35.5. The van der Waals surface area contributed by atoms with Crippen LogP contribution in [0.5, 0.6) is 11.5 Å². The first-order valence-corrected chi connectivity index (χ1v) is 11.3. The summed E-state index contributed by atoms with van der Waals surface area (Å²) in [5, 5.41) is 5.56. The Morgan fingerprint density at radius 2 is 2.00 bits per heavy atom. The molecule has 33 heavy (non-hydrogen) atoms. The number of rotatable bonds is 8. The number of morpholine rings is 1. The van der Waals surface area contributed by atoms with Gasteiger partial charge in [-0.1, -0.05) is 17.7 Å². The third kappa shape index (κ3) is 4.68. The molecule has 8 nitrogen and oxygen atoms in total. The minimum atomic E-state index is 0.568. The third-order valence-corrected chi connectivity index (χ3v) is 6.00. The second-order valence-electron chi connectivity index (χ2n) is 7.79. The van der Waals surface area contributed by atoms with Crippen LogP contribution >= 0.6 is 11.6 Å². The fraction of sp³-hybridized carbons (Fsp3) is 0.333. The van der Waals surface area contributed by atoms with Crippen LogP contribution in [0.4, 0.5) is 11.5 Å². The Hall–Kier alpha value is -3.07. The van der Waals surface area contributed by atoms with Gasteiger partial charge in [0.15, 0.2) is 17.1 Å². The maximum Gasteiger partial charge on any atom is 0.163 e. The van der Waals surface area contributed by atoms with Gasteiger partial charge in [0.2, 0.25) is 0 Å². The minimum Gasteiger partial charge on any atom is -0.493 e. The van der Waals surface area contributed by atoms with Crippen molar-refractivity contribution in [2.24, 2.45) is 0 Å². The van der Waals surface area contributed by atoms with Gasteiger partial charge in [-0.15, -0.1) is 0 Å². The van der Waals surface area contributed by atoms with Crippen molar-refractivity contribution in [2.45, 2.75) is 6.42 Å². The predicted molar refractivity (Wildman–Crippen MR) is 128 cm³/mol. The lowest BCUT2D eigenvalue weighted by Gasteiger charge is -2.26. The van der Waals surface area contributed by atoms with Gasteiger partial charge >= 0.3 is 0 Å². The molecule has 0 atom stereocenters. The van der Waals surface area contributed by atoms with E-state index in [0.717, 1.165) is 61.2 Å². The molecule has 1 aliphatic rings. The van der Waals surface area contributed by atoms with Crippen molar-refractivity contribution in [3.05, 3.63) is 47.9 Å². The van der Waals surface area contributed by atoms with E-state index in [2.05, 4.69) is 20.2 Å². The summed E-state index contributed by atoms with van der Waals surface area (Å²) in [5.41, 5.74) is 2.18. The molecule has 5 rings (SSSR count). The Balaban J connectivity index is 1.35. The molecule has 9 heteroatoms. The SMILES string of the molecule is COc1cc2c(Nc3cccc4c(Cl)coc34)ncnc2cc1OCCCN1CCOCC1. The summed E-state index contributed by atoms with van der Waals surface area (Å²) < 4.78 is 22.7. The Kier molecular flexibility index (Phi) is 6.48. The number of fused-ring (bicyclic) bond motifs is 2. The lowest BCUT2D eigenvalue weighted by molar-refractivity contribution is 0.0357. The number of nitrogens with zero attached hydrogens (tertiary/aromatic N) is 3. The number of para-hydroxylation sites is 1. The summed E-state index contributed by atoms with van der Waals surface area (Å²) in [6.07, 6.45) is 3.98. The number of benzene rings is 2. The maximum atomic E-state index is 6.21. The van der Waals surface area contributed by atoms with Crippen molar-refractivity contribution in [3.8, 4) is 11.5 Å². The quantitative estimate of drug-likeness (QED) is 0.366. The van der Waals surface area contributed by atoms with Crippen molar-refractivity contribution < 1.29 is 18.6 Å². The molecule has 2 aromatic carbocycles. The van der Waals surface area contributed by atoms with Gasteiger partial charge in [0.1, 0.15) is 18.4 Å². The maximum absolute atomic E-state index is 6.21. The second kappa shape index (κ2) is 9.82. The molecule has 1 saturated heterocycles. The van der Waals surface area contributed by atoms with E-state index in [-0.39, 0.29) is 0 Å². The first-order valence-electron chi connectivity index (χ1n) is 10.9. The monoisotopic (exact) mass is 468 g/mol. The van der Waals surface area contributed by atoms with E-state index in [9.17, 15) is 0 Å². The standard InChI is InChI=1S/C24H25ClN4O4/c1-30-21-12-17-20(13-22(21)32-9-3-6-29-7-10-31-11-8-29)26-15-27-24(17)28-19-5-2-4-16-18(25)14-33-23(16)19/h2,4-5,12-15H,3,6-11H2,1H3,(H,26,27,28). The lowest BCUT2D eigenvalue weighted by Crippen LogP contribution is -2.37. The molecular formula is C24H25ClN4O4. The number of anilines is 2. The van der Waals surface area contributed by atoms with Crippen molar-refractivity contribution in [3.63, 3.8) is 0 Å².